The zero-order chi connectivity index (χ0) is 19.8. The van der Waals surface area contributed by atoms with Gasteiger partial charge in [-0.05, 0) is 6.92 Å². The van der Waals surface area contributed by atoms with Gasteiger partial charge in [-0.3, -0.25) is 18.9 Å². The van der Waals surface area contributed by atoms with E-state index in [1.807, 2.05) is 5.32 Å². The second-order valence-electron chi connectivity index (χ2n) is 5.05. The van der Waals surface area contributed by atoms with Crippen molar-refractivity contribution in [1.82, 2.24) is 10.6 Å². The Morgan fingerprint density at radius 3 is 2.08 bits per heavy atom. The number of carbonyl (C=O) groups is 4. The van der Waals surface area contributed by atoms with Gasteiger partial charge in [0.1, 0.15) is 12.1 Å². The predicted molar refractivity (Wildman–Crippen MR) is 83.5 cm³/mol. The van der Waals surface area contributed by atoms with Crippen LogP contribution in [0.1, 0.15) is 13.3 Å². The minimum absolute atomic E-state index is 0.743. The molecule has 0 bridgehead atoms. The highest BCUT2D eigenvalue weighted by molar-refractivity contribution is 7.51. The van der Waals surface area contributed by atoms with Gasteiger partial charge in [0.15, 0.2) is 0 Å². The molecule has 0 saturated heterocycles. The Morgan fingerprint density at radius 2 is 1.68 bits per heavy atom. The normalized spacial score (nSPS) is 15.2. The van der Waals surface area contributed by atoms with E-state index in [-0.39, 0.29) is 0 Å². The van der Waals surface area contributed by atoms with Crippen LogP contribution in [0.3, 0.4) is 0 Å². The van der Waals surface area contributed by atoms with Crippen LogP contribution in [0.5, 0.6) is 0 Å². The van der Waals surface area contributed by atoms with E-state index in [1.165, 1.54) is 6.92 Å². The molecule has 0 radical (unpaired) electrons. The van der Waals surface area contributed by atoms with Gasteiger partial charge in [-0.1, -0.05) is 12.2 Å². The summed E-state index contributed by atoms with van der Waals surface area (Å²) in [5.74, 6) is -4.90. The number of nitrogens with two attached hydrogens (primary N) is 1. The maximum Gasteiger partial charge on any atom is 0.330 e. The first-order valence-corrected chi connectivity index (χ1v) is 8.65. The molecule has 0 aromatic carbocycles. The first-order chi connectivity index (χ1) is 11.3. The molecule has 3 atom stereocenters. The van der Waals surface area contributed by atoms with E-state index < -0.39 is 62.1 Å². The minimum atomic E-state index is -4.40. The Bertz CT molecular complexity index is 599. The standard InChI is InChI=1S/C12H20N3O9P/c1-6(13)10(18)15-8(5-9(16)17)11(19)14-7(12(20)21)3-2-4-25(22,23)24/h2-3,6-8H,4-5,13H2,1H3,(H,14,19)(H,15,18)(H,16,17)(H,20,21)(H2,22,23,24)/b3-2+. The number of allylic oxidation sites excluding steroid dienone is 1. The van der Waals surface area contributed by atoms with Gasteiger partial charge in [-0.15, -0.1) is 0 Å². The lowest BCUT2D eigenvalue weighted by Crippen LogP contribution is -2.54. The Hall–Kier alpha value is -2.27. The number of carboxylic acid groups (broad SMARTS) is 2. The number of hydrogen-bond donors (Lipinski definition) is 7. The molecule has 8 N–H and O–H groups in total. The molecule has 0 spiro atoms. The third-order valence-corrected chi connectivity index (χ3v) is 3.35. The molecular formula is C12H20N3O9P. The zero-order valence-corrected chi connectivity index (χ0v) is 14.1. The van der Waals surface area contributed by atoms with Gasteiger partial charge in [-0.25, -0.2) is 4.79 Å². The average Bonchev–Trinajstić information content (AvgIpc) is 2.43. The molecule has 3 unspecified atom stereocenters. The van der Waals surface area contributed by atoms with E-state index >= 15 is 0 Å². The summed E-state index contributed by atoms with van der Waals surface area (Å²) in [6.45, 7) is 1.30. The van der Waals surface area contributed by atoms with E-state index in [2.05, 4.69) is 5.32 Å². The third-order valence-electron chi connectivity index (χ3n) is 2.66. The maximum absolute atomic E-state index is 12.0. The molecular weight excluding hydrogens is 361 g/mol. The highest BCUT2D eigenvalue weighted by Gasteiger charge is 2.28. The van der Waals surface area contributed by atoms with Crippen molar-refractivity contribution in [2.45, 2.75) is 31.5 Å². The van der Waals surface area contributed by atoms with Gasteiger partial charge in [0.2, 0.25) is 11.8 Å². The van der Waals surface area contributed by atoms with Crippen LogP contribution >= 0.6 is 7.60 Å². The minimum Gasteiger partial charge on any atom is -0.481 e. The first-order valence-electron chi connectivity index (χ1n) is 6.85. The summed E-state index contributed by atoms with van der Waals surface area (Å²) in [6.07, 6.45) is 0.132. The zero-order valence-electron chi connectivity index (χ0n) is 13.2. The molecule has 0 aromatic heterocycles. The SMILES string of the molecule is CC(N)C(=O)NC(CC(=O)O)C(=O)NC(/C=C/CP(=O)(O)O)C(=O)O. The number of hydrogen-bond acceptors (Lipinski definition) is 6. The summed E-state index contributed by atoms with van der Waals surface area (Å²) in [6, 6.07) is -4.28. The number of nitrogens with one attached hydrogen (secondary N) is 2. The van der Waals surface area contributed by atoms with Gasteiger partial charge < -0.3 is 36.4 Å². The van der Waals surface area contributed by atoms with E-state index in [9.17, 15) is 23.7 Å². The Kier molecular flexibility index (Phi) is 8.99. The van der Waals surface area contributed by atoms with Crippen molar-refractivity contribution in [2.24, 2.45) is 5.73 Å². The van der Waals surface area contributed by atoms with Crippen molar-refractivity contribution in [3.05, 3.63) is 12.2 Å². The predicted octanol–water partition coefficient (Wildman–Crippen LogP) is -2.40. The lowest BCUT2D eigenvalue weighted by atomic mass is 10.1. The largest absolute Gasteiger partial charge is 0.481 e. The van der Waals surface area contributed by atoms with Crippen molar-refractivity contribution in [3.8, 4) is 0 Å². The smallest absolute Gasteiger partial charge is 0.330 e. The highest BCUT2D eigenvalue weighted by atomic mass is 31.2. The molecule has 0 heterocycles. The number of amides is 2. The molecule has 0 aliphatic heterocycles. The molecule has 0 aliphatic carbocycles. The second kappa shape index (κ2) is 9.89. The van der Waals surface area contributed by atoms with Crippen LogP contribution in [0, 0.1) is 0 Å². The molecule has 0 rings (SSSR count). The van der Waals surface area contributed by atoms with Crippen molar-refractivity contribution in [3.63, 3.8) is 0 Å². The van der Waals surface area contributed by atoms with Crippen LogP contribution in [-0.4, -0.2) is 68.0 Å². The number of carbonyl (C=O) groups excluding carboxylic acids is 2. The van der Waals surface area contributed by atoms with Crippen LogP contribution in [0.2, 0.25) is 0 Å². The fraction of sp³-hybridized carbons (Fsp3) is 0.500. The summed E-state index contributed by atoms with van der Waals surface area (Å²) >= 11 is 0. The lowest BCUT2D eigenvalue weighted by molar-refractivity contribution is -0.142. The summed E-state index contributed by atoms with van der Waals surface area (Å²) < 4.78 is 10.7. The molecule has 142 valence electrons. The van der Waals surface area contributed by atoms with Gasteiger partial charge in [0.25, 0.3) is 0 Å². The summed E-state index contributed by atoms with van der Waals surface area (Å²) in [7, 11) is -4.40. The summed E-state index contributed by atoms with van der Waals surface area (Å²) in [4.78, 5) is 62.8. The fourth-order valence-electron chi connectivity index (χ4n) is 1.47. The Labute approximate surface area is 142 Å². The van der Waals surface area contributed by atoms with E-state index in [4.69, 9.17) is 25.7 Å². The molecule has 13 heteroatoms. The van der Waals surface area contributed by atoms with Crippen LogP contribution in [0.15, 0.2) is 12.2 Å². The quantitative estimate of drug-likeness (QED) is 0.157. The van der Waals surface area contributed by atoms with Crippen LogP contribution in [0.25, 0.3) is 0 Å². The van der Waals surface area contributed by atoms with Crippen molar-refractivity contribution >= 4 is 31.3 Å². The lowest BCUT2D eigenvalue weighted by Gasteiger charge is -2.20. The topological polar surface area (TPSA) is 216 Å². The molecule has 12 nitrogen and oxygen atoms in total. The van der Waals surface area contributed by atoms with Gasteiger partial charge >= 0.3 is 19.5 Å². The van der Waals surface area contributed by atoms with Crippen molar-refractivity contribution in [1.29, 1.82) is 0 Å². The van der Waals surface area contributed by atoms with Crippen LogP contribution in [0.4, 0.5) is 0 Å². The molecule has 0 aliphatic rings. The molecule has 0 aromatic rings. The third kappa shape index (κ3) is 10.2. The monoisotopic (exact) mass is 381 g/mol. The van der Waals surface area contributed by atoms with E-state index in [0.29, 0.717) is 0 Å². The van der Waals surface area contributed by atoms with E-state index in [0.717, 1.165) is 12.2 Å². The van der Waals surface area contributed by atoms with E-state index in [1.54, 1.807) is 0 Å². The second-order valence-corrected chi connectivity index (χ2v) is 6.74. The summed E-state index contributed by atoms with van der Waals surface area (Å²) in [5.41, 5.74) is 5.30. The highest BCUT2D eigenvalue weighted by Crippen LogP contribution is 2.33. The molecule has 0 saturated carbocycles. The van der Waals surface area contributed by atoms with Crippen molar-refractivity contribution in [2.75, 3.05) is 6.16 Å². The Balaban J connectivity index is 5.12. The number of rotatable bonds is 10. The van der Waals surface area contributed by atoms with Gasteiger partial charge in [0, 0.05) is 0 Å². The van der Waals surface area contributed by atoms with Crippen molar-refractivity contribution < 1.29 is 43.7 Å². The molecule has 25 heavy (non-hydrogen) atoms. The average molecular weight is 381 g/mol. The number of aliphatic carboxylic acids is 2. The Morgan fingerprint density at radius 1 is 1.12 bits per heavy atom. The summed E-state index contributed by atoms with van der Waals surface area (Å²) in [5, 5.41) is 21.8. The number of carboxylic acids is 2. The molecule has 0 fully saturated rings. The van der Waals surface area contributed by atoms with Crippen LogP contribution < -0.4 is 16.4 Å². The fourth-order valence-corrected chi connectivity index (χ4v) is 1.86. The maximum atomic E-state index is 12.0. The van der Waals surface area contributed by atoms with Crippen LogP contribution in [-0.2, 0) is 23.7 Å². The molecule has 2 amide bonds. The van der Waals surface area contributed by atoms with Gasteiger partial charge in [0.05, 0.1) is 18.6 Å². The first kappa shape index (κ1) is 22.7. The van der Waals surface area contributed by atoms with Gasteiger partial charge in [-0.2, -0.15) is 0 Å².